The van der Waals surface area contributed by atoms with E-state index in [0.717, 1.165) is 0 Å². The average molecular weight is 333 g/mol. The van der Waals surface area contributed by atoms with Crippen molar-refractivity contribution in [3.05, 3.63) is 29.3 Å². The van der Waals surface area contributed by atoms with E-state index in [1.807, 2.05) is 0 Å². The summed E-state index contributed by atoms with van der Waals surface area (Å²) in [6.45, 7) is 0. The van der Waals surface area contributed by atoms with Gasteiger partial charge in [-0.1, -0.05) is 22.0 Å². The molecule has 0 aliphatic rings. The third-order valence-corrected chi connectivity index (χ3v) is 3.21. The number of halogens is 1. The molecule has 1 aromatic carbocycles. The lowest BCUT2D eigenvalue weighted by Gasteiger charge is -2.18. The molecule has 1 aromatic rings. The third kappa shape index (κ3) is 4.49. The smallest absolute Gasteiger partial charge is 0.307 e. The van der Waals surface area contributed by atoms with Crippen LogP contribution < -0.4 is 4.74 Å². The molecule has 0 spiro atoms. The number of carbonyl (C=O) groups is 1. The van der Waals surface area contributed by atoms with Gasteiger partial charge in [0.15, 0.2) is 0 Å². The SMILES string of the molecule is COc1ccc(C(O)C(O)CCBr)cc1CC(=O)O. The van der Waals surface area contributed by atoms with Gasteiger partial charge in [-0.25, -0.2) is 0 Å². The van der Waals surface area contributed by atoms with Crippen LogP contribution in [0.25, 0.3) is 0 Å². The van der Waals surface area contributed by atoms with E-state index < -0.39 is 18.2 Å². The summed E-state index contributed by atoms with van der Waals surface area (Å²) in [5, 5.41) is 29.1. The Balaban J connectivity index is 2.99. The fourth-order valence-electron chi connectivity index (χ4n) is 1.78. The number of hydrogen-bond donors (Lipinski definition) is 3. The van der Waals surface area contributed by atoms with E-state index in [2.05, 4.69) is 15.9 Å². The summed E-state index contributed by atoms with van der Waals surface area (Å²) >= 11 is 3.19. The summed E-state index contributed by atoms with van der Waals surface area (Å²) in [5.41, 5.74) is 0.947. The number of aliphatic hydroxyl groups excluding tert-OH is 2. The zero-order valence-corrected chi connectivity index (χ0v) is 12.1. The van der Waals surface area contributed by atoms with E-state index in [1.54, 1.807) is 18.2 Å². The highest BCUT2D eigenvalue weighted by atomic mass is 79.9. The molecule has 5 nitrogen and oxygen atoms in total. The van der Waals surface area contributed by atoms with Crippen LogP contribution in [0.1, 0.15) is 23.7 Å². The Morgan fingerprint density at radius 2 is 2.11 bits per heavy atom. The van der Waals surface area contributed by atoms with Crippen molar-refractivity contribution in [2.75, 3.05) is 12.4 Å². The van der Waals surface area contributed by atoms with Gasteiger partial charge in [0.2, 0.25) is 0 Å². The molecule has 2 atom stereocenters. The van der Waals surface area contributed by atoms with Crippen molar-refractivity contribution in [2.45, 2.75) is 25.0 Å². The Morgan fingerprint density at radius 1 is 1.42 bits per heavy atom. The van der Waals surface area contributed by atoms with Crippen LogP contribution >= 0.6 is 15.9 Å². The Labute approximate surface area is 120 Å². The highest BCUT2D eigenvalue weighted by Crippen LogP contribution is 2.26. The predicted octanol–water partition coefficient (Wildman–Crippen LogP) is 1.50. The fourth-order valence-corrected chi connectivity index (χ4v) is 2.24. The molecule has 0 saturated heterocycles. The van der Waals surface area contributed by atoms with Gasteiger partial charge in [-0.05, 0) is 24.1 Å². The summed E-state index contributed by atoms with van der Waals surface area (Å²) in [6, 6.07) is 4.76. The van der Waals surface area contributed by atoms with Crippen LogP contribution in [0.15, 0.2) is 18.2 Å². The van der Waals surface area contributed by atoms with Crippen molar-refractivity contribution in [1.82, 2.24) is 0 Å². The van der Waals surface area contributed by atoms with Crippen LogP contribution in [-0.4, -0.2) is 39.8 Å². The van der Waals surface area contributed by atoms with Gasteiger partial charge in [0.1, 0.15) is 11.9 Å². The predicted molar refractivity (Wildman–Crippen MR) is 73.7 cm³/mol. The standard InChI is InChI=1S/C13H17BrO5/c1-19-11-3-2-8(6-9(11)7-12(16)17)13(18)10(15)4-5-14/h2-3,6,10,13,15,18H,4-5,7H2,1H3,(H,16,17). The first kappa shape index (κ1) is 15.9. The normalized spacial score (nSPS) is 13.9. The van der Waals surface area contributed by atoms with E-state index in [4.69, 9.17) is 9.84 Å². The molecule has 0 heterocycles. The maximum Gasteiger partial charge on any atom is 0.307 e. The molecule has 0 radical (unpaired) electrons. The Morgan fingerprint density at radius 3 is 2.63 bits per heavy atom. The number of aliphatic hydroxyl groups is 2. The number of alkyl halides is 1. The van der Waals surface area contributed by atoms with Crippen molar-refractivity contribution in [3.8, 4) is 5.75 Å². The van der Waals surface area contributed by atoms with E-state index in [0.29, 0.717) is 28.6 Å². The van der Waals surface area contributed by atoms with Crippen LogP contribution in [0.3, 0.4) is 0 Å². The van der Waals surface area contributed by atoms with Crippen LogP contribution in [0.5, 0.6) is 5.75 Å². The molecule has 6 heteroatoms. The molecule has 19 heavy (non-hydrogen) atoms. The Kier molecular flexibility index (Phi) is 6.27. The zero-order chi connectivity index (χ0) is 14.4. The molecule has 0 aromatic heterocycles. The summed E-state index contributed by atoms with van der Waals surface area (Å²) in [5.74, 6) is -0.528. The largest absolute Gasteiger partial charge is 0.496 e. The minimum atomic E-state index is -1.05. The zero-order valence-electron chi connectivity index (χ0n) is 10.5. The molecule has 0 aliphatic heterocycles. The number of ether oxygens (including phenoxy) is 1. The van der Waals surface area contributed by atoms with Gasteiger partial charge in [-0.15, -0.1) is 0 Å². The molecule has 0 amide bonds. The number of carboxylic acids is 1. The number of benzene rings is 1. The molecule has 2 unspecified atom stereocenters. The molecular weight excluding hydrogens is 316 g/mol. The van der Waals surface area contributed by atoms with Crippen LogP contribution in [0.2, 0.25) is 0 Å². The maximum atomic E-state index is 10.8. The molecule has 0 bridgehead atoms. The number of methoxy groups -OCH3 is 1. The van der Waals surface area contributed by atoms with Gasteiger partial charge in [0.25, 0.3) is 0 Å². The van der Waals surface area contributed by atoms with Crippen molar-refractivity contribution >= 4 is 21.9 Å². The number of hydrogen-bond acceptors (Lipinski definition) is 4. The lowest BCUT2D eigenvalue weighted by molar-refractivity contribution is -0.136. The topological polar surface area (TPSA) is 87.0 Å². The monoisotopic (exact) mass is 332 g/mol. The molecule has 0 fully saturated rings. The Bertz CT molecular complexity index is 435. The molecular formula is C13H17BrO5. The quantitative estimate of drug-likeness (QED) is 0.659. The highest BCUT2D eigenvalue weighted by molar-refractivity contribution is 9.09. The molecule has 1 rings (SSSR count). The van der Waals surface area contributed by atoms with Gasteiger partial charge in [0.05, 0.1) is 19.6 Å². The highest BCUT2D eigenvalue weighted by Gasteiger charge is 2.19. The molecule has 106 valence electrons. The first-order valence-electron chi connectivity index (χ1n) is 5.80. The first-order valence-corrected chi connectivity index (χ1v) is 6.92. The summed E-state index contributed by atoms with van der Waals surface area (Å²) in [7, 11) is 1.45. The second kappa shape index (κ2) is 7.47. The summed E-state index contributed by atoms with van der Waals surface area (Å²) in [4.78, 5) is 10.8. The van der Waals surface area contributed by atoms with Crippen LogP contribution in [0.4, 0.5) is 0 Å². The van der Waals surface area contributed by atoms with Crippen molar-refractivity contribution in [2.24, 2.45) is 0 Å². The van der Waals surface area contributed by atoms with Crippen LogP contribution in [-0.2, 0) is 11.2 Å². The molecule has 0 saturated carbocycles. The van der Waals surface area contributed by atoms with Gasteiger partial charge < -0.3 is 20.1 Å². The van der Waals surface area contributed by atoms with Crippen molar-refractivity contribution in [3.63, 3.8) is 0 Å². The minimum Gasteiger partial charge on any atom is -0.496 e. The van der Waals surface area contributed by atoms with Gasteiger partial charge >= 0.3 is 5.97 Å². The maximum absolute atomic E-state index is 10.8. The molecule has 0 aliphatic carbocycles. The lowest BCUT2D eigenvalue weighted by Crippen LogP contribution is -2.19. The summed E-state index contributed by atoms with van der Waals surface area (Å²) < 4.78 is 5.07. The number of aliphatic carboxylic acids is 1. The van der Waals surface area contributed by atoms with Gasteiger partial charge in [-0.2, -0.15) is 0 Å². The fraction of sp³-hybridized carbons (Fsp3) is 0.462. The van der Waals surface area contributed by atoms with E-state index >= 15 is 0 Å². The van der Waals surface area contributed by atoms with Crippen molar-refractivity contribution in [1.29, 1.82) is 0 Å². The minimum absolute atomic E-state index is 0.196. The number of carboxylic acid groups (broad SMARTS) is 1. The number of rotatable bonds is 7. The van der Waals surface area contributed by atoms with E-state index in [9.17, 15) is 15.0 Å². The first-order chi connectivity index (χ1) is 8.99. The van der Waals surface area contributed by atoms with Crippen LogP contribution in [0, 0.1) is 0 Å². The van der Waals surface area contributed by atoms with Crippen molar-refractivity contribution < 1.29 is 24.9 Å². The second-order valence-electron chi connectivity index (χ2n) is 4.13. The average Bonchev–Trinajstić information content (AvgIpc) is 2.37. The summed E-state index contributed by atoms with van der Waals surface area (Å²) in [6.07, 6.45) is -1.74. The molecule has 3 N–H and O–H groups in total. The lowest BCUT2D eigenvalue weighted by atomic mass is 9.99. The second-order valence-corrected chi connectivity index (χ2v) is 4.92. The Hall–Kier alpha value is -1.11. The van der Waals surface area contributed by atoms with E-state index in [-0.39, 0.29) is 6.42 Å². The third-order valence-electron chi connectivity index (χ3n) is 2.76. The van der Waals surface area contributed by atoms with E-state index in [1.165, 1.54) is 7.11 Å². The van der Waals surface area contributed by atoms with Gasteiger partial charge in [0, 0.05) is 10.9 Å². The van der Waals surface area contributed by atoms with Gasteiger partial charge in [-0.3, -0.25) is 4.79 Å².